The average Bonchev–Trinajstić information content (AvgIpc) is 3.37. The number of carbonyl (C=O) groups excluding carboxylic acids is 2. The van der Waals surface area contributed by atoms with Crippen molar-refractivity contribution in [2.45, 2.75) is 38.5 Å². The van der Waals surface area contributed by atoms with Crippen LogP contribution in [0.2, 0.25) is 0 Å². The number of pyridine rings is 1. The summed E-state index contributed by atoms with van der Waals surface area (Å²) in [5.41, 5.74) is 7.97. The van der Waals surface area contributed by atoms with Crippen LogP contribution in [-0.4, -0.2) is 39.9 Å². The number of carbonyl (C=O) groups is 2. The molecule has 1 saturated heterocycles. The summed E-state index contributed by atoms with van der Waals surface area (Å²) < 4.78 is 5.30. The summed E-state index contributed by atoms with van der Waals surface area (Å²) in [6.45, 7) is 2.82. The molecule has 24 heavy (non-hydrogen) atoms. The zero-order valence-electron chi connectivity index (χ0n) is 13.6. The van der Waals surface area contributed by atoms with Gasteiger partial charge in [-0.15, -0.1) is 0 Å². The second-order valence-electron chi connectivity index (χ2n) is 6.81. The van der Waals surface area contributed by atoms with E-state index in [1.807, 2.05) is 13.0 Å². The Balaban J connectivity index is 1.73. The number of aryl methyl sites for hydroxylation is 1. The lowest BCUT2D eigenvalue weighted by Crippen LogP contribution is -2.44. The highest BCUT2D eigenvalue weighted by Gasteiger charge is 2.32. The molecule has 1 unspecified atom stereocenters. The maximum absolute atomic E-state index is 13.1. The molecule has 126 valence electrons. The van der Waals surface area contributed by atoms with Crippen molar-refractivity contribution in [3.63, 3.8) is 0 Å². The molecule has 4 rings (SSSR count). The first kappa shape index (κ1) is 15.1. The summed E-state index contributed by atoms with van der Waals surface area (Å²) in [5.74, 6) is -0.300. The van der Waals surface area contributed by atoms with Crippen molar-refractivity contribution in [1.82, 2.24) is 15.0 Å². The monoisotopic (exact) mass is 328 g/mol. The summed E-state index contributed by atoms with van der Waals surface area (Å²) in [6.07, 6.45) is 3.70. The van der Waals surface area contributed by atoms with Crippen molar-refractivity contribution in [2.75, 3.05) is 13.1 Å². The fourth-order valence-electron chi connectivity index (χ4n) is 3.43. The maximum atomic E-state index is 13.1. The molecule has 0 spiro atoms. The third-order valence-corrected chi connectivity index (χ3v) is 4.97. The van der Waals surface area contributed by atoms with E-state index in [0.29, 0.717) is 41.4 Å². The quantitative estimate of drug-likeness (QED) is 0.924. The SMILES string of the molecule is Cc1noc2nc(C3CC3)cc(C(=O)N3CCCC(C(N)=O)C3)c12. The Labute approximate surface area is 139 Å². The molecule has 0 bridgehead atoms. The predicted octanol–water partition coefficient (Wildman–Crippen LogP) is 1.75. The van der Waals surface area contributed by atoms with Gasteiger partial charge in [0.25, 0.3) is 11.6 Å². The number of piperidine rings is 1. The molecule has 3 heterocycles. The molecule has 7 nitrogen and oxygen atoms in total. The van der Waals surface area contributed by atoms with Gasteiger partial charge < -0.3 is 15.2 Å². The number of hydrogen-bond donors (Lipinski definition) is 1. The number of primary amides is 1. The zero-order valence-corrected chi connectivity index (χ0v) is 13.6. The molecule has 7 heteroatoms. The van der Waals surface area contributed by atoms with Gasteiger partial charge in [-0.05, 0) is 38.7 Å². The second-order valence-corrected chi connectivity index (χ2v) is 6.81. The van der Waals surface area contributed by atoms with E-state index in [2.05, 4.69) is 10.1 Å². The van der Waals surface area contributed by atoms with Crippen molar-refractivity contribution in [2.24, 2.45) is 11.7 Å². The van der Waals surface area contributed by atoms with E-state index in [-0.39, 0.29) is 17.7 Å². The first-order valence-corrected chi connectivity index (χ1v) is 8.40. The average molecular weight is 328 g/mol. The molecular weight excluding hydrogens is 308 g/mol. The Kier molecular flexibility index (Phi) is 3.51. The smallest absolute Gasteiger partial charge is 0.259 e. The fourth-order valence-corrected chi connectivity index (χ4v) is 3.43. The Hall–Kier alpha value is -2.44. The molecule has 0 aromatic carbocycles. The Bertz CT molecular complexity index is 825. The van der Waals surface area contributed by atoms with E-state index in [9.17, 15) is 9.59 Å². The van der Waals surface area contributed by atoms with Gasteiger partial charge in [-0.3, -0.25) is 9.59 Å². The van der Waals surface area contributed by atoms with Crippen LogP contribution >= 0.6 is 0 Å². The van der Waals surface area contributed by atoms with Crippen LogP contribution in [0.3, 0.4) is 0 Å². The minimum atomic E-state index is -0.341. The zero-order chi connectivity index (χ0) is 16.8. The van der Waals surface area contributed by atoms with Crippen LogP contribution in [0.15, 0.2) is 10.6 Å². The van der Waals surface area contributed by atoms with Crippen molar-refractivity contribution in [1.29, 1.82) is 0 Å². The van der Waals surface area contributed by atoms with E-state index in [4.69, 9.17) is 10.3 Å². The number of hydrogen-bond acceptors (Lipinski definition) is 5. The Morgan fingerprint density at radius 3 is 2.83 bits per heavy atom. The normalized spacial score (nSPS) is 21.2. The number of amides is 2. The molecule has 1 atom stereocenters. The van der Waals surface area contributed by atoms with E-state index >= 15 is 0 Å². The molecule has 1 aliphatic heterocycles. The van der Waals surface area contributed by atoms with Crippen LogP contribution in [-0.2, 0) is 4.79 Å². The lowest BCUT2D eigenvalue weighted by atomic mass is 9.96. The topological polar surface area (TPSA) is 102 Å². The highest BCUT2D eigenvalue weighted by atomic mass is 16.5. The molecular formula is C17H20N4O3. The second kappa shape index (κ2) is 5.58. The van der Waals surface area contributed by atoms with Crippen LogP contribution in [0.4, 0.5) is 0 Å². The predicted molar refractivity (Wildman–Crippen MR) is 86.3 cm³/mol. The van der Waals surface area contributed by atoms with Crippen molar-refractivity contribution >= 4 is 22.9 Å². The van der Waals surface area contributed by atoms with Gasteiger partial charge >= 0.3 is 0 Å². The molecule has 1 aliphatic carbocycles. The van der Waals surface area contributed by atoms with E-state index in [0.717, 1.165) is 31.4 Å². The lowest BCUT2D eigenvalue weighted by Gasteiger charge is -2.31. The first-order chi connectivity index (χ1) is 11.5. The van der Waals surface area contributed by atoms with Gasteiger partial charge in [-0.1, -0.05) is 5.16 Å². The third-order valence-electron chi connectivity index (χ3n) is 4.97. The van der Waals surface area contributed by atoms with Crippen LogP contribution in [0.25, 0.3) is 11.1 Å². The molecule has 2 aromatic heterocycles. The summed E-state index contributed by atoms with van der Waals surface area (Å²) in [7, 11) is 0. The minimum absolute atomic E-state index is 0.0958. The summed E-state index contributed by atoms with van der Waals surface area (Å²) in [4.78, 5) is 30.8. The largest absolute Gasteiger partial charge is 0.369 e. The summed E-state index contributed by atoms with van der Waals surface area (Å²) in [6, 6.07) is 1.88. The third kappa shape index (κ3) is 2.53. The molecule has 2 aromatic rings. The van der Waals surface area contributed by atoms with Gasteiger partial charge in [-0.25, -0.2) is 4.98 Å². The van der Waals surface area contributed by atoms with Crippen molar-refractivity contribution in [3.05, 3.63) is 23.0 Å². The first-order valence-electron chi connectivity index (χ1n) is 8.40. The van der Waals surface area contributed by atoms with Gasteiger partial charge in [0, 0.05) is 24.7 Å². The Morgan fingerprint density at radius 1 is 1.33 bits per heavy atom. The minimum Gasteiger partial charge on any atom is -0.369 e. The number of likely N-dealkylation sites (tertiary alicyclic amines) is 1. The molecule has 1 saturated carbocycles. The maximum Gasteiger partial charge on any atom is 0.259 e. The molecule has 2 N–H and O–H groups in total. The number of aromatic nitrogens is 2. The number of fused-ring (bicyclic) bond motifs is 1. The standard InChI is InChI=1S/C17H20N4O3/c1-9-14-12(7-13(10-4-5-10)19-16(14)24-20-9)17(23)21-6-2-3-11(8-21)15(18)22/h7,10-11H,2-6,8H2,1H3,(H2,18,22). The Morgan fingerprint density at radius 2 is 2.12 bits per heavy atom. The van der Waals surface area contributed by atoms with E-state index in [1.165, 1.54) is 0 Å². The molecule has 2 aliphatic rings. The van der Waals surface area contributed by atoms with Gasteiger partial charge in [0.1, 0.15) is 0 Å². The summed E-state index contributed by atoms with van der Waals surface area (Å²) >= 11 is 0. The highest BCUT2D eigenvalue weighted by Crippen LogP contribution is 2.40. The van der Waals surface area contributed by atoms with E-state index in [1.54, 1.807) is 4.90 Å². The summed E-state index contributed by atoms with van der Waals surface area (Å²) in [5, 5.41) is 4.64. The number of nitrogens with zero attached hydrogens (tertiary/aromatic N) is 3. The van der Waals surface area contributed by atoms with Gasteiger partial charge in [0.2, 0.25) is 5.91 Å². The van der Waals surface area contributed by atoms with Crippen molar-refractivity contribution in [3.8, 4) is 0 Å². The van der Waals surface area contributed by atoms with Crippen LogP contribution in [0.5, 0.6) is 0 Å². The van der Waals surface area contributed by atoms with Gasteiger partial charge in [-0.2, -0.15) is 0 Å². The van der Waals surface area contributed by atoms with Gasteiger partial charge in [0.15, 0.2) is 0 Å². The molecule has 2 fully saturated rings. The van der Waals surface area contributed by atoms with Crippen LogP contribution in [0, 0.1) is 12.8 Å². The fraction of sp³-hybridized carbons (Fsp3) is 0.529. The highest BCUT2D eigenvalue weighted by molar-refractivity contribution is 6.06. The number of rotatable bonds is 3. The number of nitrogens with two attached hydrogens (primary N) is 1. The molecule has 0 radical (unpaired) electrons. The van der Waals surface area contributed by atoms with Crippen LogP contribution in [0.1, 0.15) is 53.3 Å². The molecule has 2 amide bonds. The van der Waals surface area contributed by atoms with E-state index < -0.39 is 0 Å². The van der Waals surface area contributed by atoms with Crippen molar-refractivity contribution < 1.29 is 14.1 Å². The lowest BCUT2D eigenvalue weighted by molar-refractivity contribution is -0.123. The van der Waals surface area contributed by atoms with Crippen LogP contribution < -0.4 is 5.73 Å². The van der Waals surface area contributed by atoms with Gasteiger partial charge in [0.05, 0.1) is 22.6 Å².